The SMILES string of the molecule is CCOc1ccc(OCC(=O)NCc2ccc(NC(C)=O)cc2)cc1. The number of hydrogen-bond donors (Lipinski definition) is 2. The van der Waals surface area contributed by atoms with Crippen LogP contribution in [0.15, 0.2) is 48.5 Å². The van der Waals surface area contributed by atoms with E-state index < -0.39 is 0 Å². The van der Waals surface area contributed by atoms with Gasteiger partial charge in [-0.1, -0.05) is 12.1 Å². The van der Waals surface area contributed by atoms with Gasteiger partial charge in [0.2, 0.25) is 5.91 Å². The maximum atomic E-state index is 11.9. The Morgan fingerprint density at radius 3 is 2.08 bits per heavy atom. The van der Waals surface area contributed by atoms with Gasteiger partial charge >= 0.3 is 0 Å². The fourth-order valence-corrected chi connectivity index (χ4v) is 2.11. The maximum absolute atomic E-state index is 11.9. The van der Waals surface area contributed by atoms with Gasteiger partial charge in [-0.05, 0) is 48.9 Å². The second kappa shape index (κ2) is 9.32. The van der Waals surface area contributed by atoms with Crippen LogP contribution < -0.4 is 20.1 Å². The van der Waals surface area contributed by atoms with Crippen molar-refractivity contribution in [3.63, 3.8) is 0 Å². The Morgan fingerprint density at radius 1 is 0.920 bits per heavy atom. The molecule has 0 saturated carbocycles. The van der Waals surface area contributed by atoms with Gasteiger partial charge in [0.15, 0.2) is 6.61 Å². The Hall–Kier alpha value is -3.02. The van der Waals surface area contributed by atoms with Crippen LogP contribution in [0.2, 0.25) is 0 Å². The highest BCUT2D eigenvalue weighted by Crippen LogP contribution is 2.17. The fraction of sp³-hybridized carbons (Fsp3) is 0.263. The molecule has 0 saturated heterocycles. The average molecular weight is 342 g/mol. The number of hydrogen-bond acceptors (Lipinski definition) is 4. The van der Waals surface area contributed by atoms with Crippen LogP contribution in [0.4, 0.5) is 5.69 Å². The summed E-state index contributed by atoms with van der Waals surface area (Å²) in [6.07, 6.45) is 0. The molecule has 0 aliphatic rings. The predicted octanol–water partition coefficient (Wildman–Crippen LogP) is 2.74. The number of amides is 2. The summed E-state index contributed by atoms with van der Waals surface area (Å²) in [5.74, 6) is 1.05. The van der Waals surface area contributed by atoms with Crippen molar-refractivity contribution in [2.24, 2.45) is 0 Å². The van der Waals surface area contributed by atoms with Crippen molar-refractivity contribution >= 4 is 17.5 Å². The van der Waals surface area contributed by atoms with Crippen LogP contribution in [0.1, 0.15) is 19.4 Å². The van der Waals surface area contributed by atoms with Crippen molar-refractivity contribution in [3.05, 3.63) is 54.1 Å². The van der Waals surface area contributed by atoms with Crippen molar-refractivity contribution in [3.8, 4) is 11.5 Å². The molecule has 0 radical (unpaired) electrons. The molecule has 0 spiro atoms. The van der Waals surface area contributed by atoms with Gasteiger partial charge in [0, 0.05) is 19.2 Å². The van der Waals surface area contributed by atoms with Crippen LogP contribution in [-0.2, 0) is 16.1 Å². The van der Waals surface area contributed by atoms with Crippen LogP contribution in [-0.4, -0.2) is 25.0 Å². The standard InChI is InChI=1S/C19H22N2O4/c1-3-24-17-8-10-18(11-9-17)25-13-19(23)20-12-15-4-6-16(7-5-15)21-14(2)22/h4-11H,3,12-13H2,1-2H3,(H,20,23)(H,21,22). The first-order valence-corrected chi connectivity index (χ1v) is 8.05. The van der Waals surface area contributed by atoms with Crippen molar-refractivity contribution in [1.82, 2.24) is 5.32 Å². The van der Waals surface area contributed by atoms with Gasteiger partial charge in [0.25, 0.3) is 5.91 Å². The van der Waals surface area contributed by atoms with E-state index in [-0.39, 0.29) is 18.4 Å². The number of benzene rings is 2. The molecule has 6 heteroatoms. The lowest BCUT2D eigenvalue weighted by Crippen LogP contribution is -2.28. The number of carbonyl (C=O) groups is 2. The second-order valence-electron chi connectivity index (χ2n) is 5.35. The highest BCUT2D eigenvalue weighted by molar-refractivity contribution is 5.88. The van der Waals surface area contributed by atoms with E-state index in [1.165, 1.54) is 6.92 Å². The Kier molecular flexibility index (Phi) is 6.83. The molecule has 0 aliphatic carbocycles. The van der Waals surface area contributed by atoms with Gasteiger partial charge in [-0.3, -0.25) is 9.59 Å². The first-order chi connectivity index (χ1) is 12.1. The molecule has 0 aromatic heterocycles. The third-order valence-corrected chi connectivity index (χ3v) is 3.27. The van der Waals surface area contributed by atoms with Crippen LogP contribution in [0.5, 0.6) is 11.5 Å². The number of ether oxygens (including phenoxy) is 2. The van der Waals surface area contributed by atoms with Crippen molar-refractivity contribution < 1.29 is 19.1 Å². The number of anilines is 1. The average Bonchev–Trinajstić information content (AvgIpc) is 2.60. The molecule has 0 bridgehead atoms. The van der Waals surface area contributed by atoms with Crippen LogP contribution in [0.3, 0.4) is 0 Å². The lowest BCUT2D eigenvalue weighted by atomic mass is 10.2. The molecule has 2 aromatic rings. The highest BCUT2D eigenvalue weighted by atomic mass is 16.5. The quantitative estimate of drug-likeness (QED) is 0.773. The first-order valence-electron chi connectivity index (χ1n) is 8.05. The summed E-state index contributed by atoms with van der Waals surface area (Å²) >= 11 is 0. The minimum Gasteiger partial charge on any atom is -0.494 e. The third kappa shape index (κ3) is 6.55. The molecule has 132 valence electrons. The van der Waals surface area contributed by atoms with Gasteiger partial charge in [-0.2, -0.15) is 0 Å². The third-order valence-electron chi connectivity index (χ3n) is 3.27. The Morgan fingerprint density at radius 2 is 1.52 bits per heavy atom. The zero-order valence-corrected chi connectivity index (χ0v) is 14.4. The van der Waals surface area contributed by atoms with Crippen molar-refractivity contribution in [2.75, 3.05) is 18.5 Å². The van der Waals surface area contributed by atoms with E-state index in [1.54, 1.807) is 36.4 Å². The smallest absolute Gasteiger partial charge is 0.258 e. The monoisotopic (exact) mass is 342 g/mol. The molecule has 0 fully saturated rings. The van der Waals surface area contributed by atoms with Crippen LogP contribution >= 0.6 is 0 Å². The second-order valence-corrected chi connectivity index (χ2v) is 5.35. The highest BCUT2D eigenvalue weighted by Gasteiger charge is 2.04. The van der Waals surface area contributed by atoms with E-state index in [2.05, 4.69) is 10.6 Å². The van der Waals surface area contributed by atoms with Gasteiger partial charge in [0.1, 0.15) is 11.5 Å². The predicted molar refractivity (Wildman–Crippen MR) is 95.7 cm³/mol. The topological polar surface area (TPSA) is 76.7 Å². The summed E-state index contributed by atoms with van der Waals surface area (Å²) in [5, 5.41) is 5.48. The summed E-state index contributed by atoms with van der Waals surface area (Å²) < 4.78 is 10.8. The number of nitrogens with one attached hydrogen (secondary N) is 2. The minimum atomic E-state index is -0.208. The molecule has 0 atom stereocenters. The van der Waals surface area contributed by atoms with E-state index in [4.69, 9.17) is 9.47 Å². The summed E-state index contributed by atoms with van der Waals surface area (Å²) in [7, 11) is 0. The molecule has 6 nitrogen and oxygen atoms in total. The van der Waals surface area contributed by atoms with E-state index in [0.717, 1.165) is 17.0 Å². The van der Waals surface area contributed by atoms with Crippen molar-refractivity contribution in [2.45, 2.75) is 20.4 Å². The summed E-state index contributed by atoms with van der Waals surface area (Å²) in [6.45, 7) is 4.32. The summed E-state index contributed by atoms with van der Waals surface area (Å²) in [5.41, 5.74) is 1.66. The lowest BCUT2D eigenvalue weighted by molar-refractivity contribution is -0.123. The molecule has 0 aliphatic heterocycles. The Bertz CT molecular complexity index is 696. The van der Waals surface area contributed by atoms with E-state index in [9.17, 15) is 9.59 Å². The molecule has 2 amide bonds. The van der Waals surface area contributed by atoms with Crippen molar-refractivity contribution in [1.29, 1.82) is 0 Å². The Balaban J connectivity index is 1.74. The zero-order chi connectivity index (χ0) is 18.1. The molecule has 2 N–H and O–H groups in total. The van der Waals surface area contributed by atoms with Gasteiger partial charge in [-0.15, -0.1) is 0 Å². The molecule has 0 unspecified atom stereocenters. The van der Waals surface area contributed by atoms with Gasteiger partial charge in [0.05, 0.1) is 6.61 Å². The van der Waals surface area contributed by atoms with Gasteiger partial charge in [-0.25, -0.2) is 0 Å². The first kappa shape index (κ1) is 18.3. The van der Waals surface area contributed by atoms with E-state index in [1.807, 2.05) is 19.1 Å². The molecule has 2 aromatic carbocycles. The fourth-order valence-electron chi connectivity index (χ4n) is 2.11. The van der Waals surface area contributed by atoms with Gasteiger partial charge < -0.3 is 20.1 Å². The van der Waals surface area contributed by atoms with E-state index in [0.29, 0.717) is 18.9 Å². The number of carbonyl (C=O) groups excluding carboxylic acids is 2. The van der Waals surface area contributed by atoms with Crippen LogP contribution in [0.25, 0.3) is 0 Å². The zero-order valence-electron chi connectivity index (χ0n) is 14.4. The minimum absolute atomic E-state index is 0.0576. The summed E-state index contributed by atoms with van der Waals surface area (Å²) in [4.78, 5) is 22.8. The molecule has 25 heavy (non-hydrogen) atoms. The molecular formula is C19H22N2O4. The largest absolute Gasteiger partial charge is 0.494 e. The normalized spacial score (nSPS) is 10.0. The van der Waals surface area contributed by atoms with E-state index >= 15 is 0 Å². The number of rotatable bonds is 8. The molecule has 0 heterocycles. The lowest BCUT2D eigenvalue weighted by Gasteiger charge is -2.09. The maximum Gasteiger partial charge on any atom is 0.258 e. The molecular weight excluding hydrogens is 320 g/mol. The Labute approximate surface area is 147 Å². The summed E-state index contributed by atoms with van der Waals surface area (Å²) in [6, 6.07) is 14.4. The van der Waals surface area contributed by atoms with Crippen LogP contribution in [0, 0.1) is 0 Å². The molecule has 2 rings (SSSR count).